The van der Waals surface area contributed by atoms with Crippen molar-refractivity contribution < 1.29 is 13.5 Å². The van der Waals surface area contributed by atoms with Crippen molar-refractivity contribution in [3.8, 4) is 0 Å². The Morgan fingerprint density at radius 3 is 2.50 bits per heavy atom. The van der Waals surface area contributed by atoms with Crippen LogP contribution in [-0.2, 0) is 17.7 Å². The summed E-state index contributed by atoms with van der Waals surface area (Å²) in [6.45, 7) is 8.82. The standard InChI is InChI=1S/C19H19F2N3.C5H10O/c1-12(2)16-11-22-18(15-8-9-24(4)17(15)16)23-14-7-5-6-13(10-14)19(3,20)21;1-2-4-6-5-3-1/h5-11H,1H2,2-4H3,(H,22,23);1-5H2. The van der Waals surface area contributed by atoms with Gasteiger partial charge in [0.2, 0.25) is 0 Å². The lowest BCUT2D eigenvalue weighted by Gasteiger charge is -2.14. The molecule has 1 aromatic carbocycles. The molecule has 6 heteroatoms. The van der Waals surface area contributed by atoms with E-state index >= 15 is 0 Å². The summed E-state index contributed by atoms with van der Waals surface area (Å²) in [5.74, 6) is -2.25. The number of allylic oxidation sites excluding steroid dienone is 1. The first kappa shape index (κ1) is 22.0. The van der Waals surface area contributed by atoms with Gasteiger partial charge < -0.3 is 14.6 Å². The molecule has 0 unspecified atom stereocenters. The summed E-state index contributed by atoms with van der Waals surface area (Å²) in [6, 6.07) is 8.18. The largest absolute Gasteiger partial charge is 0.381 e. The van der Waals surface area contributed by atoms with Crippen molar-refractivity contribution in [1.29, 1.82) is 0 Å². The van der Waals surface area contributed by atoms with E-state index in [1.54, 1.807) is 18.3 Å². The van der Waals surface area contributed by atoms with Gasteiger partial charge in [-0.1, -0.05) is 18.7 Å². The molecule has 30 heavy (non-hydrogen) atoms. The molecule has 1 saturated heterocycles. The van der Waals surface area contributed by atoms with E-state index in [-0.39, 0.29) is 5.56 Å². The highest BCUT2D eigenvalue weighted by Gasteiger charge is 2.24. The van der Waals surface area contributed by atoms with Crippen LogP contribution >= 0.6 is 0 Å². The molecule has 0 atom stereocenters. The van der Waals surface area contributed by atoms with E-state index in [9.17, 15) is 8.78 Å². The molecule has 160 valence electrons. The molecule has 4 rings (SSSR count). The Morgan fingerprint density at radius 1 is 1.20 bits per heavy atom. The Kier molecular flexibility index (Phi) is 6.87. The van der Waals surface area contributed by atoms with Crippen LogP contribution in [0.15, 0.2) is 49.3 Å². The predicted molar refractivity (Wildman–Crippen MR) is 119 cm³/mol. The van der Waals surface area contributed by atoms with Gasteiger partial charge in [0.15, 0.2) is 0 Å². The first-order chi connectivity index (χ1) is 14.3. The van der Waals surface area contributed by atoms with Gasteiger partial charge in [0.05, 0.1) is 5.52 Å². The number of pyridine rings is 1. The molecule has 0 spiro atoms. The van der Waals surface area contributed by atoms with Crippen molar-refractivity contribution in [1.82, 2.24) is 9.55 Å². The Hall–Kier alpha value is -2.73. The van der Waals surface area contributed by atoms with Crippen molar-refractivity contribution in [2.75, 3.05) is 18.5 Å². The maximum Gasteiger partial charge on any atom is 0.270 e. The van der Waals surface area contributed by atoms with Crippen LogP contribution in [0, 0.1) is 0 Å². The minimum absolute atomic E-state index is 0.0321. The van der Waals surface area contributed by atoms with Crippen molar-refractivity contribution >= 4 is 28.0 Å². The highest BCUT2D eigenvalue weighted by atomic mass is 19.3. The van der Waals surface area contributed by atoms with Gasteiger partial charge in [-0.2, -0.15) is 0 Å². The zero-order chi connectivity index (χ0) is 21.7. The van der Waals surface area contributed by atoms with Crippen LogP contribution in [0.4, 0.5) is 20.3 Å². The molecule has 0 aliphatic carbocycles. The average Bonchev–Trinajstić information content (AvgIpc) is 3.12. The number of rotatable bonds is 4. The number of ether oxygens (including phenoxy) is 1. The van der Waals surface area contributed by atoms with Gasteiger partial charge in [0.25, 0.3) is 5.92 Å². The molecule has 4 nitrogen and oxygen atoms in total. The topological polar surface area (TPSA) is 39.1 Å². The molecule has 0 bridgehead atoms. The maximum absolute atomic E-state index is 13.5. The van der Waals surface area contributed by atoms with Crippen LogP contribution in [0.5, 0.6) is 0 Å². The number of hydrogen-bond donors (Lipinski definition) is 1. The van der Waals surface area contributed by atoms with E-state index < -0.39 is 5.92 Å². The third-order valence-corrected chi connectivity index (χ3v) is 5.07. The number of benzene rings is 1. The summed E-state index contributed by atoms with van der Waals surface area (Å²) >= 11 is 0. The third-order valence-electron chi connectivity index (χ3n) is 5.07. The fraction of sp³-hybridized carbons (Fsp3) is 0.375. The summed E-state index contributed by atoms with van der Waals surface area (Å²) < 4.78 is 34.1. The number of halogens is 2. The molecule has 1 aliphatic heterocycles. The molecule has 1 fully saturated rings. The Morgan fingerprint density at radius 2 is 1.93 bits per heavy atom. The second-order valence-electron chi connectivity index (χ2n) is 7.76. The van der Waals surface area contributed by atoms with E-state index in [4.69, 9.17) is 4.74 Å². The van der Waals surface area contributed by atoms with Crippen molar-refractivity contribution in [2.24, 2.45) is 7.05 Å². The van der Waals surface area contributed by atoms with Gasteiger partial charge in [-0.3, -0.25) is 0 Å². The van der Waals surface area contributed by atoms with E-state index in [2.05, 4.69) is 16.9 Å². The molecule has 3 heterocycles. The first-order valence-corrected chi connectivity index (χ1v) is 10.2. The number of nitrogens with one attached hydrogen (secondary N) is 1. The summed E-state index contributed by atoms with van der Waals surface area (Å²) in [5, 5.41) is 4.07. The minimum atomic E-state index is -2.88. The van der Waals surface area contributed by atoms with Crippen molar-refractivity contribution in [3.63, 3.8) is 0 Å². The van der Waals surface area contributed by atoms with Gasteiger partial charge in [0, 0.05) is 61.8 Å². The quantitative estimate of drug-likeness (QED) is 0.520. The highest BCUT2D eigenvalue weighted by molar-refractivity contribution is 5.98. The van der Waals surface area contributed by atoms with Crippen LogP contribution in [0.25, 0.3) is 16.5 Å². The molecule has 0 radical (unpaired) electrons. The van der Waals surface area contributed by atoms with Crippen molar-refractivity contribution in [3.05, 3.63) is 60.4 Å². The lowest BCUT2D eigenvalue weighted by molar-refractivity contribution is 0.0175. The minimum Gasteiger partial charge on any atom is -0.381 e. The number of nitrogens with zero attached hydrogens (tertiary/aromatic N) is 2. The summed E-state index contributed by atoms with van der Waals surface area (Å²) in [6.07, 6.45) is 7.63. The first-order valence-electron chi connectivity index (χ1n) is 10.2. The molecule has 0 saturated carbocycles. The second-order valence-corrected chi connectivity index (χ2v) is 7.76. The fourth-order valence-electron chi connectivity index (χ4n) is 3.42. The van der Waals surface area contributed by atoms with Gasteiger partial charge >= 0.3 is 0 Å². The van der Waals surface area contributed by atoms with Gasteiger partial charge in [0.1, 0.15) is 5.82 Å². The smallest absolute Gasteiger partial charge is 0.270 e. The Bertz CT molecular complexity index is 1010. The molecule has 2 aromatic heterocycles. The monoisotopic (exact) mass is 413 g/mol. The zero-order valence-electron chi connectivity index (χ0n) is 17.8. The molecule has 1 aliphatic rings. The van der Waals surface area contributed by atoms with Gasteiger partial charge in [-0.05, 0) is 50.0 Å². The SMILES string of the molecule is C1CCOCC1.C=C(C)c1cnc(Nc2cccc(C(C)(F)F)c2)c2ccn(C)c12. The van der Waals surface area contributed by atoms with Crippen LogP contribution < -0.4 is 5.32 Å². The molecule has 0 amide bonds. The summed E-state index contributed by atoms with van der Waals surface area (Å²) in [4.78, 5) is 4.46. The number of aromatic nitrogens is 2. The summed E-state index contributed by atoms with van der Waals surface area (Å²) in [7, 11) is 1.96. The number of anilines is 2. The third kappa shape index (κ3) is 5.25. The van der Waals surface area contributed by atoms with Gasteiger partial charge in [-0.15, -0.1) is 0 Å². The van der Waals surface area contributed by atoms with Crippen LogP contribution in [-0.4, -0.2) is 22.8 Å². The van der Waals surface area contributed by atoms with Crippen LogP contribution in [0.3, 0.4) is 0 Å². The number of hydrogen-bond acceptors (Lipinski definition) is 3. The zero-order valence-corrected chi connectivity index (χ0v) is 17.8. The number of alkyl halides is 2. The number of fused-ring (bicyclic) bond motifs is 1. The van der Waals surface area contributed by atoms with E-state index in [0.717, 1.165) is 42.2 Å². The summed E-state index contributed by atoms with van der Waals surface area (Å²) in [5.41, 5.74) is 3.45. The van der Waals surface area contributed by atoms with Crippen LogP contribution in [0.1, 0.15) is 44.2 Å². The van der Waals surface area contributed by atoms with Crippen molar-refractivity contribution in [2.45, 2.75) is 39.0 Å². The lowest BCUT2D eigenvalue weighted by Crippen LogP contribution is -2.07. The molecular weight excluding hydrogens is 384 g/mol. The molecule has 1 N–H and O–H groups in total. The molecular formula is C24H29F2N3O. The van der Waals surface area contributed by atoms with Gasteiger partial charge in [-0.25, -0.2) is 13.8 Å². The maximum atomic E-state index is 13.5. The molecule has 3 aromatic rings. The Labute approximate surface area is 176 Å². The predicted octanol–water partition coefficient (Wildman–Crippen LogP) is 6.65. The van der Waals surface area contributed by atoms with E-state index in [0.29, 0.717) is 11.5 Å². The fourth-order valence-corrected chi connectivity index (χ4v) is 3.42. The average molecular weight is 414 g/mol. The Balaban J connectivity index is 0.000000367. The number of aryl methyl sites for hydroxylation is 1. The normalized spacial score (nSPS) is 14.2. The second kappa shape index (κ2) is 9.39. The van der Waals surface area contributed by atoms with E-state index in [1.807, 2.05) is 30.8 Å². The van der Waals surface area contributed by atoms with E-state index in [1.165, 1.54) is 31.4 Å². The van der Waals surface area contributed by atoms with Crippen LogP contribution in [0.2, 0.25) is 0 Å². The lowest BCUT2D eigenvalue weighted by atomic mass is 10.1. The highest BCUT2D eigenvalue weighted by Crippen LogP contribution is 2.32.